The number of ether oxygens (including phenoxy) is 1. The Bertz CT molecular complexity index is 714. The topological polar surface area (TPSA) is 75.7 Å². The van der Waals surface area contributed by atoms with Crippen LogP contribution in [0.4, 0.5) is 0 Å². The molecule has 0 aliphatic heterocycles. The van der Waals surface area contributed by atoms with E-state index in [1.807, 2.05) is 12.1 Å². The summed E-state index contributed by atoms with van der Waals surface area (Å²) >= 11 is 6.37. The molecule has 2 aromatic carbocycles. The minimum Gasteiger partial charge on any atom is -0.492 e. The van der Waals surface area contributed by atoms with E-state index in [9.17, 15) is 10.2 Å². The fourth-order valence-corrected chi connectivity index (χ4v) is 3.22. The third-order valence-electron chi connectivity index (χ3n) is 4.97. The minimum atomic E-state index is -0.921. The van der Waals surface area contributed by atoms with Crippen molar-refractivity contribution < 1.29 is 14.9 Å². The van der Waals surface area contributed by atoms with Gasteiger partial charge in [0.25, 0.3) is 0 Å². The zero-order valence-corrected chi connectivity index (χ0v) is 17.4. The van der Waals surface area contributed by atoms with E-state index in [2.05, 4.69) is 37.3 Å². The summed E-state index contributed by atoms with van der Waals surface area (Å²) in [7, 11) is 0. The molecule has 0 saturated carbocycles. The third kappa shape index (κ3) is 7.10. The Morgan fingerprint density at radius 1 is 0.964 bits per heavy atom. The van der Waals surface area contributed by atoms with E-state index >= 15 is 0 Å². The van der Waals surface area contributed by atoms with E-state index in [1.54, 1.807) is 0 Å². The van der Waals surface area contributed by atoms with E-state index in [1.165, 1.54) is 12.0 Å². The van der Waals surface area contributed by atoms with Crippen molar-refractivity contribution in [3.63, 3.8) is 0 Å². The maximum absolute atomic E-state index is 9.28. The highest BCUT2D eigenvalue weighted by molar-refractivity contribution is 6.32. The Kier molecular flexibility index (Phi) is 9.26. The predicted molar refractivity (Wildman–Crippen MR) is 115 cm³/mol. The van der Waals surface area contributed by atoms with E-state index in [-0.39, 0.29) is 13.2 Å². The lowest BCUT2D eigenvalue weighted by Gasteiger charge is -2.24. The first kappa shape index (κ1) is 22.7. The molecule has 0 unspecified atom stereocenters. The average molecular weight is 406 g/mol. The number of unbranched alkanes of at least 4 members (excludes halogenated alkanes) is 2. The van der Waals surface area contributed by atoms with Crippen molar-refractivity contribution in [3.05, 3.63) is 64.2 Å². The van der Waals surface area contributed by atoms with E-state index in [4.69, 9.17) is 22.1 Å². The summed E-state index contributed by atoms with van der Waals surface area (Å²) in [6.45, 7) is 2.43. The van der Waals surface area contributed by atoms with Gasteiger partial charge in [-0.15, -0.1) is 0 Å². The molecule has 0 saturated heterocycles. The van der Waals surface area contributed by atoms with Gasteiger partial charge in [-0.25, -0.2) is 0 Å². The molecule has 0 aromatic heterocycles. The first-order valence-electron chi connectivity index (χ1n) is 9.99. The van der Waals surface area contributed by atoms with Crippen LogP contribution < -0.4 is 10.5 Å². The van der Waals surface area contributed by atoms with Gasteiger partial charge >= 0.3 is 0 Å². The van der Waals surface area contributed by atoms with Gasteiger partial charge < -0.3 is 20.7 Å². The maximum Gasteiger partial charge on any atom is 0.137 e. The van der Waals surface area contributed by atoms with Crippen LogP contribution in [0.3, 0.4) is 0 Å². The van der Waals surface area contributed by atoms with Crippen LogP contribution in [0.25, 0.3) is 0 Å². The Labute approximate surface area is 173 Å². The number of nitrogens with two attached hydrogens (primary N) is 1. The van der Waals surface area contributed by atoms with Crippen molar-refractivity contribution in [2.24, 2.45) is 5.73 Å². The molecule has 0 aliphatic carbocycles. The van der Waals surface area contributed by atoms with Crippen molar-refractivity contribution in [1.82, 2.24) is 0 Å². The van der Waals surface area contributed by atoms with Gasteiger partial charge in [0, 0.05) is 0 Å². The molecular formula is C23H32ClNO3. The van der Waals surface area contributed by atoms with Crippen LogP contribution >= 0.6 is 11.6 Å². The van der Waals surface area contributed by atoms with Gasteiger partial charge in [-0.05, 0) is 54.5 Å². The fraction of sp³-hybridized carbons (Fsp3) is 0.478. The molecule has 0 amide bonds. The zero-order valence-electron chi connectivity index (χ0n) is 16.7. The number of aliphatic hydroxyl groups excluding tert-OH is 2. The van der Waals surface area contributed by atoms with Gasteiger partial charge in [-0.3, -0.25) is 0 Å². The largest absolute Gasteiger partial charge is 0.492 e. The lowest BCUT2D eigenvalue weighted by Crippen LogP contribution is -2.47. The van der Waals surface area contributed by atoms with Gasteiger partial charge in [0.2, 0.25) is 0 Å². The van der Waals surface area contributed by atoms with Crippen LogP contribution in [-0.2, 0) is 12.8 Å². The number of aliphatic hydroxyl groups is 2. The van der Waals surface area contributed by atoms with Crippen molar-refractivity contribution in [2.45, 2.75) is 51.0 Å². The third-order valence-corrected chi connectivity index (χ3v) is 5.27. The van der Waals surface area contributed by atoms with Gasteiger partial charge in [0.15, 0.2) is 0 Å². The molecule has 154 valence electrons. The van der Waals surface area contributed by atoms with Gasteiger partial charge in [-0.1, -0.05) is 61.7 Å². The number of hydrogen-bond acceptors (Lipinski definition) is 4. The standard InChI is InChI=1S/C23H32ClNO3/c1-2-3-4-13-28-22-10-9-20(15-21(22)24)14-19-7-5-18(6-8-19)11-12-23(25,16-26)17-27/h5-10,15,26-27H,2-4,11-14,16-17,25H2,1H3. The quantitative estimate of drug-likeness (QED) is 0.464. The van der Waals surface area contributed by atoms with Gasteiger partial charge in [0.1, 0.15) is 5.75 Å². The Hall–Kier alpha value is -1.59. The van der Waals surface area contributed by atoms with Crippen LogP contribution in [-0.4, -0.2) is 35.6 Å². The molecule has 0 atom stereocenters. The van der Waals surface area contributed by atoms with Crippen LogP contribution in [0.2, 0.25) is 5.02 Å². The van der Waals surface area contributed by atoms with Crippen LogP contribution in [0.15, 0.2) is 42.5 Å². The molecule has 4 N–H and O–H groups in total. The summed E-state index contributed by atoms with van der Waals surface area (Å²) in [6, 6.07) is 14.3. The van der Waals surface area contributed by atoms with Crippen molar-refractivity contribution >= 4 is 11.6 Å². The molecule has 5 heteroatoms. The molecule has 2 rings (SSSR count). The molecule has 0 aliphatic rings. The first-order chi connectivity index (χ1) is 13.5. The Morgan fingerprint density at radius 3 is 2.21 bits per heavy atom. The molecular weight excluding hydrogens is 374 g/mol. The highest BCUT2D eigenvalue weighted by Gasteiger charge is 2.22. The van der Waals surface area contributed by atoms with Crippen molar-refractivity contribution in [3.8, 4) is 5.75 Å². The minimum absolute atomic E-state index is 0.222. The number of rotatable bonds is 12. The molecule has 0 fully saturated rings. The monoisotopic (exact) mass is 405 g/mol. The van der Waals surface area contributed by atoms with E-state index in [0.717, 1.165) is 36.1 Å². The average Bonchev–Trinajstić information content (AvgIpc) is 2.72. The number of hydrogen-bond donors (Lipinski definition) is 3. The summed E-state index contributed by atoms with van der Waals surface area (Å²) < 4.78 is 5.75. The zero-order chi connectivity index (χ0) is 20.4. The summed E-state index contributed by atoms with van der Waals surface area (Å²) in [5.74, 6) is 0.745. The summed E-state index contributed by atoms with van der Waals surface area (Å²) in [4.78, 5) is 0. The van der Waals surface area contributed by atoms with Crippen LogP contribution in [0.1, 0.15) is 49.3 Å². The molecule has 0 bridgehead atoms. The lowest BCUT2D eigenvalue weighted by atomic mass is 9.93. The van der Waals surface area contributed by atoms with Crippen molar-refractivity contribution in [2.75, 3.05) is 19.8 Å². The Balaban J connectivity index is 1.90. The number of aryl methyl sites for hydroxylation is 1. The highest BCUT2D eigenvalue weighted by Crippen LogP contribution is 2.27. The number of halogens is 1. The Morgan fingerprint density at radius 2 is 1.61 bits per heavy atom. The molecule has 28 heavy (non-hydrogen) atoms. The van der Waals surface area contributed by atoms with E-state index in [0.29, 0.717) is 24.5 Å². The second-order valence-corrected chi connectivity index (χ2v) is 7.90. The lowest BCUT2D eigenvalue weighted by molar-refractivity contribution is 0.115. The normalized spacial score (nSPS) is 11.6. The predicted octanol–water partition coefficient (Wildman–Crippen LogP) is 4.11. The van der Waals surface area contributed by atoms with Crippen LogP contribution in [0, 0.1) is 0 Å². The second-order valence-electron chi connectivity index (χ2n) is 7.49. The molecule has 0 heterocycles. The summed E-state index contributed by atoms with van der Waals surface area (Å²) in [5.41, 5.74) is 8.47. The first-order valence-corrected chi connectivity index (χ1v) is 10.4. The SMILES string of the molecule is CCCCCOc1ccc(Cc2ccc(CCC(N)(CO)CO)cc2)cc1Cl. The maximum atomic E-state index is 9.28. The smallest absolute Gasteiger partial charge is 0.137 e. The van der Waals surface area contributed by atoms with Gasteiger partial charge in [0.05, 0.1) is 30.4 Å². The molecule has 2 aromatic rings. The van der Waals surface area contributed by atoms with Crippen molar-refractivity contribution in [1.29, 1.82) is 0 Å². The molecule has 0 spiro atoms. The van der Waals surface area contributed by atoms with Gasteiger partial charge in [-0.2, -0.15) is 0 Å². The van der Waals surface area contributed by atoms with E-state index < -0.39 is 5.54 Å². The summed E-state index contributed by atoms with van der Waals surface area (Å²) in [5, 5.41) is 19.2. The second kappa shape index (κ2) is 11.4. The highest BCUT2D eigenvalue weighted by atomic mass is 35.5. The fourth-order valence-electron chi connectivity index (χ4n) is 2.97. The molecule has 0 radical (unpaired) electrons. The van der Waals surface area contributed by atoms with Crippen LogP contribution in [0.5, 0.6) is 5.75 Å². The number of benzene rings is 2. The summed E-state index contributed by atoms with van der Waals surface area (Å²) in [6.07, 6.45) is 5.43. The molecule has 4 nitrogen and oxygen atoms in total.